The molecule has 0 radical (unpaired) electrons. The van der Waals surface area contributed by atoms with Crippen LogP contribution in [0.25, 0.3) is 0 Å². The first-order valence-corrected chi connectivity index (χ1v) is 7.07. The topological polar surface area (TPSA) is 46.3 Å². The first-order chi connectivity index (χ1) is 9.61. The predicted octanol–water partition coefficient (Wildman–Crippen LogP) is 2.02. The molecule has 1 aliphatic heterocycles. The highest BCUT2D eigenvalue weighted by Crippen LogP contribution is 2.50. The van der Waals surface area contributed by atoms with Crippen molar-refractivity contribution in [1.82, 2.24) is 4.90 Å². The van der Waals surface area contributed by atoms with E-state index in [4.69, 9.17) is 5.73 Å². The van der Waals surface area contributed by atoms with Crippen LogP contribution in [0.4, 0.5) is 8.78 Å². The fourth-order valence-corrected chi connectivity index (χ4v) is 3.19. The Balaban J connectivity index is 1.72. The third kappa shape index (κ3) is 2.30. The van der Waals surface area contributed by atoms with Gasteiger partial charge in [0.05, 0.1) is 0 Å². The molecule has 1 aliphatic carbocycles. The third-order valence-electron chi connectivity index (χ3n) is 4.40. The van der Waals surface area contributed by atoms with Crippen LogP contribution < -0.4 is 5.73 Å². The molecule has 0 aromatic heterocycles. The molecule has 2 aliphatic rings. The minimum atomic E-state index is -0.458. The first-order valence-electron chi connectivity index (χ1n) is 7.07. The highest BCUT2D eigenvalue weighted by Gasteiger charge is 2.48. The molecule has 1 heterocycles. The molecule has 20 heavy (non-hydrogen) atoms. The predicted molar refractivity (Wildman–Crippen MR) is 71.0 cm³/mol. The maximum absolute atomic E-state index is 13.7. The average molecular weight is 280 g/mol. The monoisotopic (exact) mass is 280 g/mol. The van der Waals surface area contributed by atoms with Gasteiger partial charge in [-0.2, -0.15) is 0 Å². The van der Waals surface area contributed by atoms with Crippen LogP contribution >= 0.6 is 0 Å². The van der Waals surface area contributed by atoms with E-state index < -0.39 is 11.6 Å². The van der Waals surface area contributed by atoms with Gasteiger partial charge < -0.3 is 10.6 Å². The second-order valence-corrected chi connectivity index (χ2v) is 5.68. The Morgan fingerprint density at radius 3 is 2.95 bits per heavy atom. The summed E-state index contributed by atoms with van der Waals surface area (Å²) < 4.78 is 26.9. The van der Waals surface area contributed by atoms with Gasteiger partial charge in [-0.25, -0.2) is 8.78 Å². The Kier molecular flexibility index (Phi) is 3.46. The molecule has 108 valence electrons. The molecular weight excluding hydrogens is 262 g/mol. The van der Waals surface area contributed by atoms with Crippen LogP contribution in [-0.2, 0) is 4.79 Å². The van der Waals surface area contributed by atoms with Gasteiger partial charge in [0, 0.05) is 25.0 Å². The van der Waals surface area contributed by atoms with Crippen LogP contribution in [0.2, 0.25) is 0 Å². The number of carbonyl (C=O) groups is 1. The van der Waals surface area contributed by atoms with Crippen molar-refractivity contribution in [2.75, 3.05) is 13.1 Å². The van der Waals surface area contributed by atoms with Crippen LogP contribution in [0, 0.1) is 17.6 Å². The number of benzene rings is 1. The lowest BCUT2D eigenvalue weighted by molar-refractivity contribution is -0.133. The summed E-state index contributed by atoms with van der Waals surface area (Å²) in [5.41, 5.74) is 5.99. The lowest BCUT2D eigenvalue weighted by Gasteiger charge is -2.23. The summed E-state index contributed by atoms with van der Waals surface area (Å²) in [7, 11) is 0. The van der Waals surface area contributed by atoms with Gasteiger partial charge in [-0.3, -0.25) is 4.79 Å². The van der Waals surface area contributed by atoms with Crippen molar-refractivity contribution in [2.24, 2.45) is 11.7 Å². The summed E-state index contributed by atoms with van der Waals surface area (Å²) in [4.78, 5) is 14.2. The van der Waals surface area contributed by atoms with Crippen LogP contribution in [0.1, 0.15) is 30.7 Å². The van der Waals surface area contributed by atoms with E-state index in [1.54, 1.807) is 0 Å². The highest BCUT2D eigenvalue weighted by atomic mass is 19.1. The van der Waals surface area contributed by atoms with E-state index in [2.05, 4.69) is 0 Å². The molecule has 2 N–H and O–H groups in total. The van der Waals surface area contributed by atoms with Gasteiger partial charge in [0.15, 0.2) is 0 Å². The number of hydrogen-bond donors (Lipinski definition) is 1. The number of likely N-dealkylation sites (tertiary alicyclic amines) is 1. The number of nitrogens with two attached hydrogens (primary N) is 1. The first kappa shape index (κ1) is 13.5. The number of rotatable bonds is 3. The molecule has 1 aromatic carbocycles. The molecule has 1 aromatic rings. The average Bonchev–Trinajstić information content (AvgIpc) is 3.09. The van der Waals surface area contributed by atoms with Gasteiger partial charge in [-0.05, 0) is 48.9 Å². The van der Waals surface area contributed by atoms with Crippen molar-refractivity contribution in [2.45, 2.75) is 31.2 Å². The van der Waals surface area contributed by atoms with Crippen molar-refractivity contribution in [3.05, 3.63) is 35.4 Å². The van der Waals surface area contributed by atoms with Gasteiger partial charge in [0.2, 0.25) is 5.91 Å². The second kappa shape index (κ2) is 5.13. The van der Waals surface area contributed by atoms with E-state index >= 15 is 0 Å². The van der Waals surface area contributed by atoms with E-state index in [1.165, 1.54) is 6.07 Å². The molecule has 2 fully saturated rings. The third-order valence-corrected chi connectivity index (χ3v) is 4.40. The fraction of sp³-hybridized carbons (Fsp3) is 0.533. The molecule has 0 unspecified atom stereocenters. The van der Waals surface area contributed by atoms with Gasteiger partial charge in [-0.15, -0.1) is 0 Å². The van der Waals surface area contributed by atoms with Gasteiger partial charge >= 0.3 is 0 Å². The number of hydrogen-bond acceptors (Lipinski definition) is 2. The number of amides is 1. The normalized spacial score (nSPS) is 28.8. The SMILES string of the molecule is NC[C@@H]1CCCN1C(=O)[C@H]1C[C@H]1c1cc(F)ccc1F. The maximum atomic E-state index is 13.7. The van der Waals surface area contributed by atoms with Crippen LogP contribution in [0.15, 0.2) is 18.2 Å². The van der Waals surface area contributed by atoms with Crippen molar-refractivity contribution < 1.29 is 13.6 Å². The van der Waals surface area contributed by atoms with E-state index in [0.29, 0.717) is 18.5 Å². The molecule has 5 heteroatoms. The number of carbonyl (C=O) groups excluding carboxylic acids is 1. The van der Waals surface area contributed by atoms with E-state index in [-0.39, 0.29) is 23.8 Å². The van der Waals surface area contributed by atoms with Crippen molar-refractivity contribution >= 4 is 5.91 Å². The Labute approximate surface area is 116 Å². The maximum Gasteiger partial charge on any atom is 0.226 e. The standard InChI is InChI=1S/C15H18F2N2O/c16-9-3-4-14(17)12(6-9)11-7-13(11)15(20)19-5-1-2-10(19)8-18/h3-4,6,10-11,13H,1-2,5,7-8,18H2/t10-,11-,13-/m0/s1. The summed E-state index contributed by atoms with van der Waals surface area (Å²) in [6.45, 7) is 1.20. The van der Waals surface area contributed by atoms with Crippen LogP contribution in [0.3, 0.4) is 0 Å². The van der Waals surface area contributed by atoms with Crippen molar-refractivity contribution in [1.29, 1.82) is 0 Å². The largest absolute Gasteiger partial charge is 0.338 e. The van der Waals surface area contributed by atoms with Gasteiger partial charge in [-0.1, -0.05) is 0 Å². The van der Waals surface area contributed by atoms with Crippen LogP contribution in [-0.4, -0.2) is 29.9 Å². The minimum Gasteiger partial charge on any atom is -0.338 e. The molecule has 1 saturated heterocycles. The fourth-order valence-electron chi connectivity index (χ4n) is 3.19. The quantitative estimate of drug-likeness (QED) is 0.920. The Bertz CT molecular complexity index is 535. The number of halogens is 2. The summed E-state index contributed by atoms with van der Waals surface area (Å²) >= 11 is 0. The summed E-state index contributed by atoms with van der Waals surface area (Å²) in [6.07, 6.45) is 2.51. The van der Waals surface area contributed by atoms with Crippen molar-refractivity contribution in [3.8, 4) is 0 Å². The second-order valence-electron chi connectivity index (χ2n) is 5.68. The smallest absolute Gasteiger partial charge is 0.226 e. The molecule has 3 rings (SSSR count). The van der Waals surface area contributed by atoms with E-state index in [0.717, 1.165) is 31.5 Å². The summed E-state index contributed by atoms with van der Waals surface area (Å²) in [5, 5.41) is 0. The number of nitrogens with zero attached hydrogens (tertiary/aromatic N) is 1. The summed E-state index contributed by atoms with van der Waals surface area (Å²) in [5.74, 6) is -1.23. The zero-order valence-electron chi connectivity index (χ0n) is 11.2. The lowest BCUT2D eigenvalue weighted by atomic mass is 10.1. The van der Waals surface area contributed by atoms with E-state index in [9.17, 15) is 13.6 Å². The molecule has 3 atom stereocenters. The molecule has 0 spiro atoms. The van der Waals surface area contributed by atoms with Crippen LogP contribution in [0.5, 0.6) is 0 Å². The Morgan fingerprint density at radius 1 is 1.40 bits per heavy atom. The Morgan fingerprint density at radius 2 is 2.20 bits per heavy atom. The molecule has 3 nitrogen and oxygen atoms in total. The molecule has 1 saturated carbocycles. The molecule has 1 amide bonds. The Hall–Kier alpha value is -1.49. The van der Waals surface area contributed by atoms with Gasteiger partial charge in [0.1, 0.15) is 11.6 Å². The zero-order valence-corrected chi connectivity index (χ0v) is 11.2. The lowest BCUT2D eigenvalue weighted by Crippen LogP contribution is -2.40. The van der Waals surface area contributed by atoms with E-state index in [1.807, 2.05) is 4.90 Å². The molecular formula is C15H18F2N2O. The highest BCUT2D eigenvalue weighted by molar-refractivity contribution is 5.83. The van der Waals surface area contributed by atoms with Gasteiger partial charge in [0.25, 0.3) is 0 Å². The molecule has 0 bridgehead atoms. The minimum absolute atomic E-state index is 0.0478. The van der Waals surface area contributed by atoms with Crippen molar-refractivity contribution in [3.63, 3.8) is 0 Å². The zero-order chi connectivity index (χ0) is 14.3. The summed E-state index contributed by atoms with van der Waals surface area (Å²) in [6, 6.07) is 3.55.